The normalized spacial score (nSPS) is 15.2. The molecule has 1 saturated heterocycles. The van der Waals surface area contributed by atoms with Crippen LogP contribution in [0.15, 0.2) is 48.9 Å². The van der Waals surface area contributed by atoms with Gasteiger partial charge in [0.05, 0.1) is 30.9 Å². The van der Waals surface area contributed by atoms with Gasteiger partial charge in [-0.25, -0.2) is 13.8 Å². The van der Waals surface area contributed by atoms with Crippen molar-refractivity contribution < 1.29 is 23.0 Å². The third kappa shape index (κ3) is 5.17. The van der Waals surface area contributed by atoms with E-state index in [1.54, 1.807) is 12.3 Å². The summed E-state index contributed by atoms with van der Waals surface area (Å²) in [6.45, 7) is 7.94. The van der Waals surface area contributed by atoms with Crippen LogP contribution in [-0.4, -0.2) is 65.2 Å². The summed E-state index contributed by atoms with van der Waals surface area (Å²) >= 11 is 0. The number of pyridine rings is 1. The number of amides is 1. The number of hydrogen-bond donors (Lipinski definition) is 2. The van der Waals surface area contributed by atoms with Gasteiger partial charge in [-0.05, 0) is 31.5 Å². The number of fused-ring (bicyclic) bond motifs is 1. The van der Waals surface area contributed by atoms with Crippen molar-refractivity contribution in [3.63, 3.8) is 0 Å². The average Bonchev–Trinajstić information content (AvgIpc) is 2.95. The quantitative estimate of drug-likeness (QED) is 0.350. The third-order valence-corrected chi connectivity index (χ3v) is 7.12. The predicted molar refractivity (Wildman–Crippen MR) is 148 cm³/mol. The van der Waals surface area contributed by atoms with E-state index in [1.807, 2.05) is 6.07 Å². The van der Waals surface area contributed by atoms with E-state index in [1.165, 1.54) is 38.7 Å². The van der Waals surface area contributed by atoms with Crippen LogP contribution in [-0.2, 0) is 6.54 Å². The number of benzene rings is 2. The van der Waals surface area contributed by atoms with Gasteiger partial charge in [0.1, 0.15) is 11.3 Å². The summed E-state index contributed by atoms with van der Waals surface area (Å²) in [5.74, 6) is -2.34. The number of anilines is 1. The average molecular weight is 549 g/mol. The second-order valence-electron chi connectivity index (χ2n) is 10.1. The molecule has 2 N–H and O–H groups in total. The molecule has 0 saturated carbocycles. The number of halogens is 2. The van der Waals surface area contributed by atoms with Crippen LogP contribution in [0.25, 0.3) is 22.2 Å². The van der Waals surface area contributed by atoms with E-state index < -0.39 is 23.1 Å². The molecule has 2 aromatic heterocycles. The number of carbonyl (C=O) groups is 1. The first-order valence-corrected chi connectivity index (χ1v) is 12.8. The Morgan fingerprint density at radius 1 is 1.02 bits per heavy atom. The van der Waals surface area contributed by atoms with Crippen LogP contribution in [0.4, 0.5) is 14.6 Å². The van der Waals surface area contributed by atoms with Crippen LogP contribution in [0.2, 0.25) is 0 Å². The van der Waals surface area contributed by atoms with Crippen LogP contribution in [0.1, 0.15) is 29.8 Å². The Labute approximate surface area is 230 Å². The summed E-state index contributed by atoms with van der Waals surface area (Å²) in [6.07, 6.45) is 4.55. The lowest BCUT2D eigenvalue weighted by atomic mass is 9.98. The maximum Gasteiger partial charge on any atom is 0.259 e. The molecule has 0 aliphatic carbocycles. The van der Waals surface area contributed by atoms with E-state index in [0.717, 1.165) is 37.8 Å². The minimum Gasteiger partial charge on any atom is -0.494 e. The lowest BCUT2D eigenvalue weighted by Gasteiger charge is -2.42. The number of piperazine rings is 1. The molecule has 0 spiro atoms. The topological polar surface area (TPSA) is 102 Å². The van der Waals surface area contributed by atoms with Crippen LogP contribution < -0.4 is 20.1 Å². The number of ether oxygens (including phenoxy) is 2. The Bertz CT molecular complexity index is 1530. The molecule has 40 heavy (non-hydrogen) atoms. The first-order valence-electron chi connectivity index (χ1n) is 12.8. The van der Waals surface area contributed by atoms with Gasteiger partial charge < -0.3 is 20.1 Å². The van der Waals surface area contributed by atoms with Crippen molar-refractivity contribution in [1.29, 1.82) is 0 Å². The summed E-state index contributed by atoms with van der Waals surface area (Å²) in [4.78, 5) is 28.7. The second-order valence-corrected chi connectivity index (χ2v) is 10.1. The Hall–Kier alpha value is -4.22. The first-order chi connectivity index (χ1) is 19.2. The summed E-state index contributed by atoms with van der Waals surface area (Å²) in [5, 5.41) is 6.20. The molecule has 0 unspecified atom stereocenters. The Morgan fingerprint density at radius 2 is 1.73 bits per heavy atom. The number of nitrogens with zero attached hydrogens (tertiary/aromatic N) is 4. The molecule has 11 heteroatoms. The van der Waals surface area contributed by atoms with Crippen molar-refractivity contribution in [3.05, 3.63) is 71.7 Å². The highest BCUT2D eigenvalue weighted by Gasteiger charge is 2.29. The summed E-state index contributed by atoms with van der Waals surface area (Å²) < 4.78 is 40.7. The van der Waals surface area contributed by atoms with Crippen LogP contribution >= 0.6 is 0 Å². The molecular weight excluding hydrogens is 518 g/mol. The Kier molecular flexibility index (Phi) is 7.59. The lowest BCUT2D eigenvalue weighted by molar-refractivity contribution is 0.0826. The molecule has 1 fully saturated rings. The minimum atomic E-state index is -0.918. The highest BCUT2D eigenvalue weighted by atomic mass is 19.1. The Morgan fingerprint density at radius 3 is 2.35 bits per heavy atom. The van der Waals surface area contributed by atoms with E-state index in [9.17, 15) is 4.79 Å². The van der Waals surface area contributed by atoms with E-state index in [4.69, 9.17) is 9.47 Å². The van der Waals surface area contributed by atoms with Crippen molar-refractivity contribution in [2.75, 3.05) is 39.2 Å². The number of methoxy groups -OCH3 is 2. The number of hydrogen-bond acceptors (Lipinski definition) is 8. The van der Waals surface area contributed by atoms with Gasteiger partial charge in [0, 0.05) is 61.9 Å². The van der Waals surface area contributed by atoms with Gasteiger partial charge in [0.15, 0.2) is 23.1 Å². The Balaban J connectivity index is 1.43. The summed E-state index contributed by atoms with van der Waals surface area (Å²) in [6, 6.07) is 7.69. The van der Waals surface area contributed by atoms with Gasteiger partial charge in [-0.3, -0.25) is 19.7 Å². The van der Waals surface area contributed by atoms with Crippen molar-refractivity contribution in [3.8, 4) is 22.6 Å². The maximum absolute atomic E-state index is 15.3. The van der Waals surface area contributed by atoms with E-state index in [0.29, 0.717) is 5.82 Å². The molecule has 0 bridgehead atoms. The first kappa shape index (κ1) is 27.4. The van der Waals surface area contributed by atoms with E-state index >= 15 is 8.78 Å². The number of aromatic nitrogens is 3. The van der Waals surface area contributed by atoms with Crippen molar-refractivity contribution in [2.45, 2.75) is 25.9 Å². The fourth-order valence-corrected chi connectivity index (χ4v) is 4.88. The molecule has 1 aliphatic heterocycles. The van der Waals surface area contributed by atoms with E-state index in [-0.39, 0.29) is 39.2 Å². The molecule has 9 nitrogen and oxygen atoms in total. The molecule has 4 aromatic rings. The van der Waals surface area contributed by atoms with Crippen LogP contribution in [0.3, 0.4) is 0 Å². The molecule has 2 aromatic carbocycles. The van der Waals surface area contributed by atoms with Gasteiger partial charge in [0.2, 0.25) is 0 Å². The van der Waals surface area contributed by atoms with Gasteiger partial charge >= 0.3 is 0 Å². The fourth-order valence-electron chi connectivity index (χ4n) is 4.88. The molecule has 0 radical (unpaired) electrons. The lowest BCUT2D eigenvalue weighted by Crippen LogP contribution is -2.57. The maximum atomic E-state index is 15.3. The zero-order valence-corrected chi connectivity index (χ0v) is 22.7. The minimum absolute atomic E-state index is 0.0290. The summed E-state index contributed by atoms with van der Waals surface area (Å²) in [7, 11) is 2.55. The zero-order chi connectivity index (χ0) is 28.4. The molecule has 1 amide bonds. The van der Waals surface area contributed by atoms with Gasteiger partial charge in [-0.1, -0.05) is 12.1 Å². The number of nitrogens with one attached hydrogen (secondary N) is 2. The SMILES string of the molecule is COc1cc(OC)c(F)c(-c2ccc(C(=O)Nc3ccc(CN4CCNCC4(C)C)cn3)c3nccnc23)c1F. The highest BCUT2D eigenvalue weighted by Crippen LogP contribution is 2.40. The number of rotatable bonds is 7. The molecule has 1 aliphatic rings. The monoisotopic (exact) mass is 548 g/mol. The van der Waals surface area contributed by atoms with Crippen LogP contribution in [0, 0.1) is 11.6 Å². The molecule has 0 atom stereocenters. The largest absolute Gasteiger partial charge is 0.494 e. The third-order valence-electron chi connectivity index (χ3n) is 7.12. The summed E-state index contributed by atoms with van der Waals surface area (Å²) in [5.41, 5.74) is 1.27. The zero-order valence-electron chi connectivity index (χ0n) is 22.7. The van der Waals surface area contributed by atoms with Gasteiger partial charge in [-0.15, -0.1) is 0 Å². The van der Waals surface area contributed by atoms with Crippen molar-refractivity contribution >= 4 is 22.8 Å². The molecule has 3 heterocycles. The molecule has 5 rings (SSSR count). The second kappa shape index (κ2) is 11.1. The molecule has 208 valence electrons. The van der Waals surface area contributed by atoms with E-state index in [2.05, 4.69) is 44.3 Å². The van der Waals surface area contributed by atoms with Crippen LogP contribution in [0.5, 0.6) is 11.5 Å². The standard InChI is InChI=1S/C29H30F2N6O3/c1-29(2)16-32-11-12-37(29)15-17-5-8-22(35-14-17)36-28(38)19-7-6-18(26-27(19)34-10-9-33-26)23-24(30)20(39-3)13-21(40-4)25(23)31/h5-10,13-14,32H,11-12,15-16H2,1-4H3,(H,35,36,38). The van der Waals surface area contributed by atoms with Crippen molar-refractivity contribution in [2.24, 2.45) is 0 Å². The fraction of sp³-hybridized carbons (Fsp3) is 0.310. The number of carbonyl (C=O) groups excluding carboxylic acids is 1. The molecular formula is C29H30F2N6O3. The predicted octanol–water partition coefficient (Wildman–Crippen LogP) is 4.42. The van der Waals surface area contributed by atoms with Crippen molar-refractivity contribution in [1.82, 2.24) is 25.2 Å². The van der Waals surface area contributed by atoms with Gasteiger partial charge in [-0.2, -0.15) is 0 Å². The highest BCUT2D eigenvalue weighted by molar-refractivity contribution is 6.13. The van der Waals surface area contributed by atoms with Gasteiger partial charge in [0.25, 0.3) is 5.91 Å². The smallest absolute Gasteiger partial charge is 0.259 e.